The molecular formula is C53H101NO11. The number of nitrogens with zero attached hydrogens (tertiary/aromatic N) is 1. The second kappa shape index (κ2) is 49.5. The average molecular weight is 928 g/mol. The van der Waals surface area contributed by atoms with Crippen LogP contribution in [-0.2, 0) is 47.5 Å². The molecule has 0 aromatic carbocycles. The number of hydrogen-bond donors (Lipinski definition) is 0. The van der Waals surface area contributed by atoms with E-state index in [0.29, 0.717) is 45.5 Å². The zero-order valence-electron chi connectivity index (χ0n) is 42.8. The van der Waals surface area contributed by atoms with Gasteiger partial charge in [0.25, 0.3) is 0 Å². The van der Waals surface area contributed by atoms with E-state index >= 15 is 0 Å². The molecule has 1 unspecified atom stereocenters. The molecule has 0 rings (SSSR count). The molecule has 12 nitrogen and oxygen atoms in total. The van der Waals surface area contributed by atoms with Crippen molar-refractivity contribution in [2.75, 3.05) is 65.9 Å². The predicted octanol–water partition coefficient (Wildman–Crippen LogP) is 13.6. The topological polar surface area (TPSA) is 136 Å². The van der Waals surface area contributed by atoms with Crippen LogP contribution in [0.2, 0.25) is 0 Å². The SMILES string of the molecule is CCCCCCCCCCOC(=O)CCCCCCCC(=O)OCC(COC(=O)CCC(OCCCCCCCCC)OCCCCCCCCC)COC(=O)OCCCN(CC)CC. The van der Waals surface area contributed by atoms with Gasteiger partial charge >= 0.3 is 24.1 Å². The fraction of sp³-hybridized carbons (Fsp3) is 0.925. The van der Waals surface area contributed by atoms with Crippen molar-refractivity contribution in [3.8, 4) is 0 Å². The van der Waals surface area contributed by atoms with Crippen molar-refractivity contribution >= 4 is 24.1 Å². The summed E-state index contributed by atoms with van der Waals surface area (Å²) in [6.45, 7) is 15.2. The van der Waals surface area contributed by atoms with Crippen LogP contribution in [0.5, 0.6) is 0 Å². The minimum Gasteiger partial charge on any atom is -0.466 e. The smallest absolute Gasteiger partial charge is 0.466 e. The fourth-order valence-corrected chi connectivity index (χ4v) is 7.48. The zero-order chi connectivity index (χ0) is 47.7. The van der Waals surface area contributed by atoms with Crippen LogP contribution in [0, 0.1) is 5.92 Å². The first kappa shape index (κ1) is 62.6. The lowest BCUT2D eigenvalue weighted by Crippen LogP contribution is -2.28. The molecule has 0 aromatic heterocycles. The van der Waals surface area contributed by atoms with E-state index in [1.807, 2.05) is 0 Å². The fourth-order valence-electron chi connectivity index (χ4n) is 7.48. The van der Waals surface area contributed by atoms with Crippen LogP contribution in [0.25, 0.3) is 0 Å². The molecule has 384 valence electrons. The summed E-state index contributed by atoms with van der Waals surface area (Å²) in [5, 5.41) is 0. The van der Waals surface area contributed by atoms with Crippen LogP contribution in [-0.4, -0.2) is 101 Å². The van der Waals surface area contributed by atoms with Crippen molar-refractivity contribution in [1.82, 2.24) is 4.90 Å². The molecule has 0 aliphatic carbocycles. The Morgan fingerprint density at radius 3 is 1.20 bits per heavy atom. The van der Waals surface area contributed by atoms with Crippen LogP contribution < -0.4 is 0 Å². The van der Waals surface area contributed by atoms with Crippen LogP contribution in [0.3, 0.4) is 0 Å². The summed E-state index contributed by atoms with van der Waals surface area (Å²) in [4.78, 5) is 52.5. The molecule has 0 aliphatic heterocycles. The molecule has 0 amide bonds. The highest BCUT2D eigenvalue weighted by Gasteiger charge is 2.20. The van der Waals surface area contributed by atoms with Gasteiger partial charge in [0.05, 0.1) is 25.6 Å². The van der Waals surface area contributed by atoms with E-state index in [-0.39, 0.29) is 51.2 Å². The third kappa shape index (κ3) is 45.1. The van der Waals surface area contributed by atoms with Gasteiger partial charge in [-0.25, -0.2) is 4.79 Å². The molecular weight excluding hydrogens is 827 g/mol. The van der Waals surface area contributed by atoms with Crippen molar-refractivity contribution in [2.24, 2.45) is 5.92 Å². The number of esters is 3. The molecule has 0 bridgehead atoms. The number of unbranched alkanes of at least 4 members (excludes halogenated alkanes) is 23. The number of ether oxygens (including phenoxy) is 7. The standard InChI is InChI=1S/C53H101NO11/c1-6-11-14-17-20-23-27-32-41-59-49(55)36-30-25-24-26-31-37-50(56)63-45-48(47-65-53(58)62-44-35-40-54(9-4)10-5)46-64-51(57)38-39-52(60-42-33-28-21-18-15-12-7-2)61-43-34-29-22-19-16-13-8-3/h48,52H,6-47H2,1-5H3. The number of hydrogen-bond acceptors (Lipinski definition) is 12. The highest BCUT2D eigenvalue weighted by Crippen LogP contribution is 2.15. The molecule has 0 saturated heterocycles. The Bertz CT molecular complexity index is 1050. The summed E-state index contributed by atoms with van der Waals surface area (Å²) in [5.74, 6) is -1.45. The molecule has 0 radical (unpaired) electrons. The van der Waals surface area contributed by atoms with Crippen molar-refractivity contribution in [2.45, 2.75) is 246 Å². The zero-order valence-corrected chi connectivity index (χ0v) is 42.8. The van der Waals surface area contributed by atoms with Gasteiger partial charge in [0.2, 0.25) is 0 Å². The molecule has 12 heteroatoms. The first-order chi connectivity index (χ1) is 31.8. The Kier molecular flexibility index (Phi) is 47.6. The molecule has 65 heavy (non-hydrogen) atoms. The van der Waals surface area contributed by atoms with E-state index in [0.717, 1.165) is 83.8 Å². The second-order valence-electron chi connectivity index (χ2n) is 17.9. The maximum absolute atomic E-state index is 13.0. The van der Waals surface area contributed by atoms with E-state index in [1.54, 1.807) is 0 Å². The minimum absolute atomic E-state index is 0.0613. The number of carbonyl (C=O) groups excluding carboxylic acids is 4. The number of carbonyl (C=O) groups is 4. The van der Waals surface area contributed by atoms with Gasteiger partial charge in [-0.15, -0.1) is 0 Å². The third-order valence-corrected chi connectivity index (χ3v) is 11.8. The summed E-state index contributed by atoms with van der Waals surface area (Å²) in [6, 6.07) is 0. The molecule has 0 N–H and O–H groups in total. The van der Waals surface area contributed by atoms with Crippen LogP contribution >= 0.6 is 0 Å². The van der Waals surface area contributed by atoms with Crippen LogP contribution in [0.1, 0.15) is 240 Å². The summed E-state index contributed by atoms with van der Waals surface area (Å²) in [6.07, 6.45) is 31.1. The highest BCUT2D eigenvalue weighted by molar-refractivity contribution is 5.70. The van der Waals surface area contributed by atoms with Crippen LogP contribution in [0.4, 0.5) is 4.79 Å². The Labute approximate surface area is 398 Å². The number of rotatable bonds is 50. The molecule has 0 aromatic rings. The largest absolute Gasteiger partial charge is 0.508 e. The summed E-state index contributed by atoms with van der Waals surface area (Å²) in [5.41, 5.74) is 0. The van der Waals surface area contributed by atoms with E-state index in [1.165, 1.54) is 103 Å². The van der Waals surface area contributed by atoms with Gasteiger partial charge < -0.3 is 38.1 Å². The average Bonchev–Trinajstić information content (AvgIpc) is 3.30. The summed E-state index contributed by atoms with van der Waals surface area (Å²) < 4.78 is 39.5. The van der Waals surface area contributed by atoms with Gasteiger partial charge in [-0.1, -0.05) is 176 Å². The monoisotopic (exact) mass is 928 g/mol. The maximum Gasteiger partial charge on any atom is 0.508 e. The van der Waals surface area contributed by atoms with Gasteiger partial charge in [0, 0.05) is 39.0 Å². The van der Waals surface area contributed by atoms with Gasteiger partial charge in [0.15, 0.2) is 6.29 Å². The van der Waals surface area contributed by atoms with Crippen molar-refractivity contribution < 1.29 is 52.3 Å². The molecule has 0 aliphatic rings. The highest BCUT2D eigenvalue weighted by atomic mass is 16.7. The lowest BCUT2D eigenvalue weighted by Gasteiger charge is -2.20. The van der Waals surface area contributed by atoms with E-state index in [9.17, 15) is 19.2 Å². The van der Waals surface area contributed by atoms with Crippen molar-refractivity contribution in [3.05, 3.63) is 0 Å². The Balaban J connectivity index is 4.82. The Morgan fingerprint density at radius 1 is 0.369 bits per heavy atom. The van der Waals surface area contributed by atoms with Crippen molar-refractivity contribution in [1.29, 1.82) is 0 Å². The molecule has 1 atom stereocenters. The van der Waals surface area contributed by atoms with E-state index < -0.39 is 24.3 Å². The molecule has 0 spiro atoms. The molecule has 0 saturated carbocycles. The normalized spacial score (nSPS) is 11.9. The van der Waals surface area contributed by atoms with Gasteiger partial charge in [0.1, 0.15) is 19.8 Å². The van der Waals surface area contributed by atoms with E-state index in [4.69, 9.17) is 33.2 Å². The quantitative estimate of drug-likeness (QED) is 0.0249. The Hall–Kier alpha value is -2.44. The lowest BCUT2D eigenvalue weighted by molar-refractivity contribution is -0.161. The molecule has 0 fully saturated rings. The maximum atomic E-state index is 13.0. The predicted molar refractivity (Wildman–Crippen MR) is 262 cm³/mol. The van der Waals surface area contributed by atoms with Crippen molar-refractivity contribution in [3.63, 3.8) is 0 Å². The summed E-state index contributed by atoms with van der Waals surface area (Å²) in [7, 11) is 0. The van der Waals surface area contributed by atoms with Gasteiger partial charge in [-0.2, -0.15) is 0 Å². The first-order valence-corrected chi connectivity index (χ1v) is 27.0. The van der Waals surface area contributed by atoms with Gasteiger partial charge in [-0.3, -0.25) is 14.4 Å². The second-order valence-corrected chi connectivity index (χ2v) is 17.9. The van der Waals surface area contributed by atoms with Crippen LogP contribution in [0.15, 0.2) is 0 Å². The van der Waals surface area contributed by atoms with Gasteiger partial charge in [-0.05, 0) is 51.6 Å². The summed E-state index contributed by atoms with van der Waals surface area (Å²) >= 11 is 0. The Morgan fingerprint density at radius 2 is 0.738 bits per heavy atom. The first-order valence-electron chi connectivity index (χ1n) is 27.0. The third-order valence-electron chi connectivity index (χ3n) is 11.8. The lowest BCUT2D eigenvalue weighted by atomic mass is 10.1. The molecule has 0 heterocycles. The van der Waals surface area contributed by atoms with E-state index in [2.05, 4.69) is 39.5 Å². The minimum atomic E-state index is -0.803.